The lowest BCUT2D eigenvalue weighted by Gasteiger charge is -2.40. The number of hydrogen-bond acceptors (Lipinski definition) is 3. The highest BCUT2D eigenvalue weighted by molar-refractivity contribution is 6.74. The fraction of sp³-hybridized carbons (Fsp3) is 0.857. The van der Waals surface area contributed by atoms with Crippen LogP contribution < -0.4 is 0 Å². The fourth-order valence-corrected chi connectivity index (χ4v) is 2.83. The Labute approximate surface area is 113 Å². The minimum Gasteiger partial charge on any atom is -0.409 e. The first-order valence-corrected chi connectivity index (χ1v) is 9.42. The lowest BCUT2D eigenvalue weighted by molar-refractivity contribution is -0.0296. The quantitative estimate of drug-likeness (QED) is 0.571. The van der Waals surface area contributed by atoms with Gasteiger partial charge < -0.3 is 14.3 Å². The van der Waals surface area contributed by atoms with Gasteiger partial charge in [0, 0.05) is 7.11 Å². The summed E-state index contributed by atoms with van der Waals surface area (Å²) in [5, 5.41) is 9.68. The Kier molecular flexibility index (Phi) is 6.78. The van der Waals surface area contributed by atoms with Crippen molar-refractivity contribution in [3.8, 4) is 0 Å². The van der Waals surface area contributed by atoms with Gasteiger partial charge in [0.25, 0.3) is 0 Å². The van der Waals surface area contributed by atoms with Gasteiger partial charge in [-0.05, 0) is 31.5 Å². The molecule has 2 atom stereocenters. The van der Waals surface area contributed by atoms with Gasteiger partial charge in [-0.2, -0.15) is 0 Å². The fourth-order valence-electron chi connectivity index (χ4n) is 1.50. The molecule has 0 aliphatic heterocycles. The molecule has 0 heterocycles. The van der Waals surface area contributed by atoms with Gasteiger partial charge in [0.1, 0.15) is 0 Å². The van der Waals surface area contributed by atoms with Crippen LogP contribution in [0.25, 0.3) is 0 Å². The average Bonchev–Trinajstić information content (AvgIpc) is 2.20. The number of aliphatic hydroxyl groups excluding tert-OH is 1. The van der Waals surface area contributed by atoms with Crippen molar-refractivity contribution in [1.29, 1.82) is 0 Å². The van der Waals surface area contributed by atoms with Crippen LogP contribution in [0.3, 0.4) is 0 Å². The molecule has 0 bridgehead atoms. The van der Waals surface area contributed by atoms with Gasteiger partial charge in [-0.15, -0.1) is 6.58 Å². The summed E-state index contributed by atoms with van der Waals surface area (Å²) in [6.07, 6.45) is 0.324. The molecule has 0 aromatic carbocycles. The lowest BCUT2D eigenvalue weighted by atomic mass is 10.1. The Hall–Kier alpha value is -0.163. The summed E-state index contributed by atoms with van der Waals surface area (Å²) in [4.78, 5) is 0. The van der Waals surface area contributed by atoms with Crippen LogP contribution in [0.1, 0.15) is 34.1 Å². The van der Waals surface area contributed by atoms with Crippen LogP contribution in [0.5, 0.6) is 0 Å². The predicted octanol–water partition coefficient (Wildman–Crippen LogP) is 3.35. The number of hydrogen-bond donors (Lipinski definition) is 1. The van der Waals surface area contributed by atoms with E-state index in [9.17, 15) is 5.11 Å². The molecule has 0 aliphatic rings. The summed E-state index contributed by atoms with van der Waals surface area (Å²) in [6, 6.07) is 0. The molecular formula is C14H30O3Si. The highest BCUT2D eigenvalue weighted by Crippen LogP contribution is 2.38. The molecule has 0 unspecified atom stereocenters. The van der Waals surface area contributed by atoms with Crippen LogP contribution in [-0.2, 0) is 9.16 Å². The largest absolute Gasteiger partial charge is 0.409 e. The molecule has 108 valence electrons. The van der Waals surface area contributed by atoms with Gasteiger partial charge in [-0.25, -0.2) is 0 Å². The Balaban J connectivity index is 4.82. The minimum atomic E-state index is -1.89. The second-order valence-electron chi connectivity index (χ2n) is 6.53. The summed E-state index contributed by atoms with van der Waals surface area (Å²) < 4.78 is 11.7. The highest BCUT2D eigenvalue weighted by atomic mass is 28.4. The molecule has 0 spiro atoms. The van der Waals surface area contributed by atoms with Gasteiger partial charge in [0.2, 0.25) is 0 Å². The topological polar surface area (TPSA) is 38.7 Å². The first-order valence-electron chi connectivity index (χ1n) is 6.51. The normalized spacial score (nSPS) is 16.4. The Morgan fingerprint density at radius 3 is 2.06 bits per heavy atom. The van der Waals surface area contributed by atoms with E-state index in [-0.39, 0.29) is 23.9 Å². The SMILES string of the molecule is C=C(C)C[C@H](OC)[C@@H](CO)O[Si](C)(C)C(C)(C)C. The summed E-state index contributed by atoms with van der Waals surface area (Å²) >= 11 is 0. The van der Waals surface area contributed by atoms with Gasteiger partial charge in [-0.1, -0.05) is 26.3 Å². The second-order valence-corrected chi connectivity index (χ2v) is 11.3. The Morgan fingerprint density at radius 2 is 1.78 bits per heavy atom. The van der Waals surface area contributed by atoms with E-state index in [1.54, 1.807) is 7.11 Å². The third kappa shape index (κ3) is 5.22. The van der Waals surface area contributed by atoms with Gasteiger partial charge >= 0.3 is 0 Å². The molecule has 18 heavy (non-hydrogen) atoms. The number of ether oxygens (including phenoxy) is 1. The molecule has 0 saturated carbocycles. The van der Waals surface area contributed by atoms with Crippen molar-refractivity contribution in [3.05, 3.63) is 12.2 Å². The van der Waals surface area contributed by atoms with E-state index < -0.39 is 8.32 Å². The van der Waals surface area contributed by atoms with Crippen LogP contribution in [0.2, 0.25) is 18.1 Å². The minimum absolute atomic E-state index is 0.0156. The maximum absolute atomic E-state index is 9.56. The first kappa shape index (κ1) is 17.8. The molecule has 0 radical (unpaired) electrons. The van der Waals surface area contributed by atoms with Crippen molar-refractivity contribution >= 4 is 8.32 Å². The Morgan fingerprint density at radius 1 is 1.28 bits per heavy atom. The van der Waals surface area contributed by atoms with E-state index in [1.165, 1.54) is 0 Å². The van der Waals surface area contributed by atoms with Crippen LogP contribution in [-0.4, -0.2) is 39.3 Å². The maximum atomic E-state index is 9.56. The smallest absolute Gasteiger partial charge is 0.192 e. The molecule has 0 amide bonds. The van der Waals surface area contributed by atoms with E-state index in [0.717, 1.165) is 12.0 Å². The standard InChI is InChI=1S/C14H30O3Si/c1-11(2)9-12(16-6)13(10-15)17-18(7,8)14(3,4)5/h12-13,15H,1,9-10H2,2-8H3/t12-,13+/m0/s1. The monoisotopic (exact) mass is 274 g/mol. The molecule has 0 rings (SSSR count). The summed E-state index contributed by atoms with van der Waals surface area (Å²) in [6.45, 7) is 16.8. The van der Waals surface area contributed by atoms with Crippen LogP contribution in [0.4, 0.5) is 0 Å². The van der Waals surface area contributed by atoms with Gasteiger partial charge in [-0.3, -0.25) is 0 Å². The number of rotatable bonds is 7. The van der Waals surface area contributed by atoms with E-state index in [1.807, 2.05) is 6.92 Å². The molecule has 0 aromatic heterocycles. The van der Waals surface area contributed by atoms with Gasteiger partial charge in [0.15, 0.2) is 8.32 Å². The second kappa shape index (κ2) is 6.85. The van der Waals surface area contributed by atoms with Crippen molar-refractivity contribution < 1.29 is 14.3 Å². The van der Waals surface area contributed by atoms with Crippen molar-refractivity contribution in [2.45, 2.75) is 64.5 Å². The molecule has 0 aliphatic carbocycles. The highest BCUT2D eigenvalue weighted by Gasteiger charge is 2.40. The summed E-state index contributed by atoms with van der Waals surface area (Å²) in [5.74, 6) is 0. The molecule has 0 fully saturated rings. The molecule has 1 N–H and O–H groups in total. The van der Waals surface area contributed by atoms with E-state index in [2.05, 4.69) is 40.4 Å². The third-order valence-electron chi connectivity index (χ3n) is 3.70. The summed E-state index contributed by atoms with van der Waals surface area (Å²) in [5.41, 5.74) is 1.04. The van der Waals surface area contributed by atoms with E-state index in [0.29, 0.717) is 0 Å². The maximum Gasteiger partial charge on any atom is 0.192 e. The zero-order chi connectivity index (χ0) is 14.6. The Bertz CT molecular complexity index is 269. The molecule has 0 saturated heterocycles. The van der Waals surface area contributed by atoms with Crippen molar-refractivity contribution in [2.75, 3.05) is 13.7 Å². The van der Waals surface area contributed by atoms with E-state index in [4.69, 9.17) is 9.16 Å². The zero-order valence-electron chi connectivity index (χ0n) is 13.0. The van der Waals surface area contributed by atoms with Crippen LogP contribution in [0.15, 0.2) is 12.2 Å². The average molecular weight is 274 g/mol. The van der Waals surface area contributed by atoms with Crippen LogP contribution >= 0.6 is 0 Å². The summed E-state index contributed by atoms with van der Waals surface area (Å²) in [7, 11) is -0.231. The molecule has 0 aromatic rings. The van der Waals surface area contributed by atoms with Crippen LogP contribution in [0, 0.1) is 0 Å². The van der Waals surface area contributed by atoms with Crippen molar-refractivity contribution in [2.24, 2.45) is 0 Å². The molecule has 4 heteroatoms. The third-order valence-corrected chi connectivity index (χ3v) is 8.20. The molecule has 3 nitrogen and oxygen atoms in total. The lowest BCUT2D eigenvalue weighted by Crippen LogP contribution is -2.48. The first-order chi connectivity index (χ1) is 8.05. The zero-order valence-corrected chi connectivity index (χ0v) is 14.0. The molecular weight excluding hydrogens is 244 g/mol. The van der Waals surface area contributed by atoms with Crippen molar-refractivity contribution in [1.82, 2.24) is 0 Å². The van der Waals surface area contributed by atoms with E-state index >= 15 is 0 Å². The number of methoxy groups -OCH3 is 1. The predicted molar refractivity (Wildman–Crippen MR) is 79.4 cm³/mol. The van der Waals surface area contributed by atoms with Gasteiger partial charge in [0.05, 0.1) is 18.8 Å². The van der Waals surface area contributed by atoms with Crippen molar-refractivity contribution in [3.63, 3.8) is 0 Å². The number of aliphatic hydroxyl groups is 1.